The minimum atomic E-state index is -0.109. The van der Waals surface area contributed by atoms with Crippen LogP contribution in [-0.2, 0) is 26.1 Å². The van der Waals surface area contributed by atoms with E-state index in [9.17, 15) is 5.11 Å². The lowest BCUT2D eigenvalue weighted by Crippen LogP contribution is -2.43. The Bertz CT molecular complexity index is 825. The average Bonchev–Trinajstić information content (AvgIpc) is 2.77. The maximum absolute atomic E-state index is 9.65. The zero-order valence-corrected chi connectivity index (χ0v) is 17.3. The fourth-order valence-electron chi connectivity index (χ4n) is 4.29. The van der Waals surface area contributed by atoms with E-state index in [4.69, 9.17) is 0 Å². The number of nitrogens with zero attached hydrogens (tertiary/aromatic N) is 3. The van der Waals surface area contributed by atoms with Crippen LogP contribution in [-0.4, -0.2) is 53.7 Å². The summed E-state index contributed by atoms with van der Waals surface area (Å²) < 4.78 is 0. The van der Waals surface area contributed by atoms with E-state index in [1.54, 1.807) is 0 Å². The van der Waals surface area contributed by atoms with E-state index in [0.717, 1.165) is 64.5 Å². The Morgan fingerprint density at radius 2 is 1.69 bits per heavy atom. The summed E-state index contributed by atoms with van der Waals surface area (Å²) >= 11 is 0. The highest BCUT2D eigenvalue weighted by molar-refractivity contribution is 5.80. The van der Waals surface area contributed by atoms with Crippen molar-refractivity contribution in [2.45, 2.75) is 45.0 Å². The number of benzene rings is 2. The molecule has 2 heterocycles. The molecule has 0 saturated carbocycles. The second kappa shape index (κ2) is 9.42. The Morgan fingerprint density at radius 3 is 2.41 bits per heavy atom. The van der Waals surface area contributed by atoms with Crippen molar-refractivity contribution in [3.63, 3.8) is 0 Å². The molecule has 0 radical (unpaired) electrons. The van der Waals surface area contributed by atoms with E-state index in [1.807, 2.05) is 7.05 Å². The molecule has 29 heavy (non-hydrogen) atoms. The van der Waals surface area contributed by atoms with Crippen molar-refractivity contribution in [1.82, 2.24) is 15.1 Å². The third kappa shape index (κ3) is 5.17. The number of fused-ring (bicyclic) bond motifs is 1. The molecule has 5 nitrogen and oxygen atoms in total. The summed E-state index contributed by atoms with van der Waals surface area (Å²) in [5.41, 5.74) is 5.46. The molecule has 0 unspecified atom stereocenters. The number of nitrogens with one attached hydrogen (secondary N) is 1. The molecule has 0 bridgehead atoms. The summed E-state index contributed by atoms with van der Waals surface area (Å²) in [6.45, 7) is 5.63. The number of guanidine groups is 1. The van der Waals surface area contributed by atoms with Gasteiger partial charge in [-0.05, 0) is 41.5 Å². The first kappa shape index (κ1) is 19.9. The number of piperidine rings is 1. The van der Waals surface area contributed by atoms with Crippen LogP contribution in [0.2, 0.25) is 0 Å². The van der Waals surface area contributed by atoms with Crippen LogP contribution in [0.4, 0.5) is 0 Å². The zero-order valence-electron chi connectivity index (χ0n) is 17.3. The molecule has 0 spiro atoms. The highest BCUT2D eigenvalue weighted by Gasteiger charge is 2.19. The van der Waals surface area contributed by atoms with E-state index < -0.39 is 0 Å². The van der Waals surface area contributed by atoms with Crippen LogP contribution in [0.3, 0.4) is 0 Å². The molecule has 4 rings (SSSR count). The molecule has 2 aliphatic heterocycles. The fraction of sp³-hybridized carbons (Fsp3) is 0.458. The maximum atomic E-state index is 9.65. The number of likely N-dealkylation sites (tertiary alicyclic amines) is 1. The van der Waals surface area contributed by atoms with Crippen molar-refractivity contribution in [3.05, 3.63) is 70.8 Å². The van der Waals surface area contributed by atoms with Gasteiger partial charge in [0, 0.05) is 46.3 Å². The third-order valence-electron chi connectivity index (χ3n) is 6.08. The fourth-order valence-corrected chi connectivity index (χ4v) is 4.29. The third-order valence-corrected chi connectivity index (χ3v) is 6.08. The Kier molecular flexibility index (Phi) is 6.47. The molecule has 0 aromatic heterocycles. The molecule has 1 fully saturated rings. The van der Waals surface area contributed by atoms with Gasteiger partial charge in [0.15, 0.2) is 5.96 Å². The number of hydrogen-bond acceptors (Lipinski definition) is 3. The first-order chi connectivity index (χ1) is 14.2. The summed E-state index contributed by atoms with van der Waals surface area (Å²) in [5.74, 6) is 0.968. The van der Waals surface area contributed by atoms with Crippen molar-refractivity contribution in [3.8, 4) is 0 Å². The zero-order chi connectivity index (χ0) is 20.1. The first-order valence-corrected chi connectivity index (χ1v) is 10.7. The Balaban J connectivity index is 1.29. The average molecular weight is 393 g/mol. The number of aliphatic imine (C=N–C) groups is 1. The van der Waals surface area contributed by atoms with Gasteiger partial charge in [0.2, 0.25) is 0 Å². The SMILES string of the molecule is CN=C(NCc1ccc(CN2CCC(O)CC2)cc1)N1CCc2ccccc2C1. The van der Waals surface area contributed by atoms with Crippen LogP contribution in [0.5, 0.6) is 0 Å². The molecule has 154 valence electrons. The summed E-state index contributed by atoms with van der Waals surface area (Å²) in [4.78, 5) is 9.27. The van der Waals surface area contributed by atoms with Gasteiger partial charge in [-0.2, -0.15) is 0 Å². The minimum absolute atomic E-state index is 0.109. The molecule has 0 amide bonds. The largest absolute Gasteiger partial charge is 0.393 e. The van der Waals surface area contributed by atoms with Gasteiger partial charge >= 0.3 is 0 Å². The predicted octanol–water partition coefficient (Wildman–Crippen LogP) is 2.78. The Labute approximate surface area is 174 Å². The van der Waals surface area contributed by atoms with Crippen molar-refractivity contribution < 1.29 is 5.11 Å². The van der Waals surface area contributed by atoms with E-state index >= 15 is 0 Å². The number of aliphatic hydroxyl groups is 1. The number of rotatable bonds is 4. The molecule has 2 aromatic rings. The number of hydrogen-bond donors (Lipinski definition) is 2. The minimum Gasteiger partial charge on any atom is -0.393 e. The smallest absolute Gasteiger partial charge is 0.194 e. The van der Waals surface area contributed by atoms with Gasteiger partial charge in [0.25, 0.3) is 0 Å². The van der Waals surface area contributed by atoms with Crippen molar-refractivity contribution in [2.75, 3.05) is 26.7 Å². The highest BCUT2D eigenvalue weighted by Crippen LogP contribution is 2.19. The first-order valence-electron chi connectivity index (χ1n) is 10.7. The molecular formula is C24H32N4O. The molecular weight excluding hydrogens is 360 g/mol. The summed E-state index contributed by atoms with van der Waals surface area (Å²) in [5, 5.41) is 13.2. The molecule has 0 aliphatic carbocycles. The van der Waals surface area contributed by atoms with Crippen LogP contribution >= 0.6 is 0 Å². The standard InChI is InChI=1S/C24H32N4O/c1-25-24(28-15-10-21-4-2-3-5-22(21)18-28)26-16-19-6-8-20(9-7-19)17-27-13-11-23(29)12-14-27/h2-9,23,29H,10-18H2,1H3,(H,25,26). The second-order valence-electron chi connectivity index (χ2n) is 8.16. The lowest BCUT2D eigenvalue weighted by atomic mass is 10.0. The summed E-state index contributed by atoms with van der Waals surface area (Å²) in [7, 11) is 1.86. The van der Waals surface area contributed by atoms with Gasteiger partial charge < -0.3 is 15.3 Å². The van der Waals surface area contributed by atoms with Crippen molar-refractivity contribution in [1.29, 1.82) is 0 Å². The molecule has 5 heteroatoms. The van der Waals surface area contributed by atoms with Gasteiger partial charge in [0.05, 0.1) is 6.10 Å². The van der Waals surface area contributed by atoms with E-state index in [0.29, 0.717) is 0 Å². The van der Waals surface area contributed by atoms with E-state index in [2.05, 4.69) is 68.6 Å². The molecule has 1 saturated heterocycles. The second-order valence-corrected chi connectivity index (χ2v) is 8.16. The van der Waals surface area contributed by atoms with E-state index in [-0.39, 0.29) is 6.10 Å². The van der Waals surface area contributed by atoms with Gasteiger partial charge in [-0.25, -0.2) is 0 Å². The van der Waals surface area contributed by atoms with Gasteiger partial charge in [-0.1, -0.05) is 48.5 Å². The Hall–Kier alpha value is -2.37. The van der Waals surface area contributed by atoms with Crippen LogP contribution in [0.15, 0.2) is 53.5 Å². The lowest BCUT2D eigenvalue weighted by molar-refractivity contribution is 0.0792. The summed E-state index contributed by atoms with van der Waals surface area (Å²) in [6, 6.07) is 17.6. The van der Waals surface area contributed by atoms with Crippen LogP contribution in [0, 0.1) is 0 Å². The topological polar surface area (TPSA) is 51.1 Å². The maximum Gasteiger partial charge on any atom is 0.194 e. The molecule has 0 atom stereocenters. The van der Waals surface area contributed by atoms with Crippen LogP contribution in [0.1, 0.15) is 35.1 Å². The highest BCUT2D eigenvalue weighted by atomic mass is 16.3. The van der Waals surface area contributed by atoms with Gasteiger partial charge in [0.1, 0.15) is 0 Å². The molecule has 2 aliphatic rings. The predicted molar refractivity (Wildman–Crippen MR) is 118 cm³/mol. The molecule has 2 N–H and O–H groups in total. The normalized spacial score (nSPS) is 18.6. The van der Waals surface area contributed by atoms with Crippen LogP contribution in [0.25, 0.3) is 0 Å². The van der Waals surface area contributed by atoms with Gasteiger partial charge in [-0.3, -0.25) is 9.89 Å². The van der Waals surface area contributed by atoms with Crippen molar-refractivity contribution >= 4 is 5.96 Å². The van der Waals surface area contributed by atoms with Crippen LogP contribution < -0.4 is 5.32 Å². The van der Waals surface area contributed by atoms with Gasteiger partial charge in [-0.15, -0.1) is 0 Å². The van der Waals surface area contributed by atoms with Crippen molar-refractivity contribution in [2.24, 2.45) is 4.99 Å². The number of aliphatic hydroxyl groups excluding tert-OH is 1. The lowest BCUT2D eigenvalue weighted by Gasteiger charge is -2.31. The van der Waals surface area contributed by atoms with E-state index in [1.165, 1.54) is 22.3 Å². The Morgan fingerprint density at radius 1 is 1.00 bits per heavy atom. The monoisotopic (exact) mass is 392 g/mol. The summed E-state index contributed by atoms with van der Waals surface area (Å²) in [6.07, 6.45) is 2.74. The molecule has 2 aromatic carbocycles. The quantitative estimate of drug-likeness (QED) is 0.621.